The summed E-state index contributed by atoms with van der Waals surface area (Å²) in [7, 11) is -6.59. The van der Waals surface area contributed by atoms with Gasteiger partial charge in [-0.1, -0.05) is 262 Å². The molecule has 2 nitrogen and oxygen atoms in total. The highest BCUT2D eigenvalue weighted by Gasteiger charge is 2.29. The zero-order valence-electron chi connectivity index (χ0n) is 58.9. The van der Waals surface area contributed by atoms with Crippen molar-refractivity contribution in [2.75, 3.05) is 9.80 Å². The number of halogens is 2. The fourth-order valence-corrected chi connectivity index (χ4v) is 15.9. The number of hydrogen-bond donors (Lipinski definition) is 0. The fourth-order valence-electron chi connectivity index (χ4n) is 11.4. The van der Waals surface area contributed by atoms with E-state index in [-0.39, 0.29) is 45.3 Å². The van der Waals surface area contributed by atoms with Gasteiger partial charge in [0, 0.05) is 33.3 Å². The number of para-hydroxylation sites is 2. The van der Waals surface area contributed by atoms with Crippen molar-refractivity contribution < 1.29 is 22.5 Å². The molecule has 0 aromatic heterocycles. The van der Waals surface area contributed by atoms with Crippen molar-refractivity contribution in [2.45, 2.75) is 72.0 Å². The first-order valence-corrected chi connectivity index (χ1v) is 41.8. The smallest absolute Gasteiger partial charge is 0.155 e. The summed E-state index contributed by atoms with van der Waals surface area (Å²) in [4.78, 5) is 2.91. The van der Waals surface area contributed by atoms with Crippen LogP contribution in [-0.2, 0) is 0 Å². The molecule has 83 heavy (non-hydrogen) atoms. The van der Waals surface area contributed by atoms with E-state index in [1.54, 1.807) is 24.3 Å². The quantitative estimate of drug-likeness (QED) is 0.0791. The van der Waals surface area contributed by atoms with Gasteiger partial charge in [0.1, 0.15) is 0 Å². The summed E-state index contributed by atoms with van der Waals surface area (Å²) in [6.45, 7) is 24.8. The molecule has 412 valence electrons. The normalized spacial score (nSPS) is 14.0. The van der Waals surface area contributed by atoms with Crippen molar-refractivity contribution in [2.24, 2.45) is 0 Å². The van der Waals surface area contributed by atoms with Gasteiger partial charge in [-0.05, 0) is 115 Å². The van der Waals surface area contributed by atoms with Crippen LogP contribution < -0.4 is 30.5 Å². The zero-order valence-corrected chi connectivity index (χ0v) is 53.0. The first-order chi connectivity index (χ1) is 43.8. The van der Waals surface area contributed by atoms with Gasteiger partial charge in [-0.3, -0.25) is 0 Å². The maximum absolute atomic E-state index is 18.8. The van der Waals surface area contributed by atoms with Crippen molar-refractivity contribution in [1.82, 2.24) is 0 Å². The van der Waals surface area contributed by atoms with E-state index in [0.717, 1.165) is 11.1 Å². The van der Waals surface area contributed by atoms with E-state index in [2.05, 4.69) is 96.3 Å². The van der Waals surface area contributed by atoms with Crippen LogP contribution in [0.4, 0.5) is 42.9 Å². The highest BCUT2D eigenvalue weighted by Crippen LogP contribution is 2.50. The lowest BCUT2D eigenvalue weighted by Crippen LogP contribution is -2.37. The molecule has 0 spiro atoms. The monoisotopic (exact) mass is 1160 g/mol. The second-order valence-corrected chi connectivity index (χ2v) is 43.4. The first kappa shape index (κ1) is 44.6. The van der Waals surface area contributed by atoms with Crippen molar-refractivity contribution >= 4 is 120 Å². The predicted molar refractivity (Wildman–Crippen MR) is 369 cm³/mol. The van der Waals surface area contributed by atoms with Gasteiger partial charge in [-0.2, -0.15) is 0 Å². The summed E-state index contributed by atoms with van der Waals surface area (Å²) in [5.74, 6) is -1.38. The van der Waals surface area contributed by atoms with Gasteiger partial charge in [-0.15, -0.1) is 0 Å². The van der Waals surface area contributed by atoms with E-state index in [0.29, 0.717) is 54.6 Å². The Bertz CT molecular complexity index is 4910. The van der Waals surface area contributed by atoms with Crippen LogP contribution in [0, 0.1) is 11.6 Å². The SMILES string of the molecule is [2H]c1c([2H])c([2H])c(N(c2cc(-c3ccc([Si](C)(C)C)cc3)cc(-c3ccc([SiH](C)C)cc3)c2F)c2ccc3ccc4c(N(c5cc(-c6ccc([Si](C)(C)C)cc6)cc(-c6ccc([Si](C)(C)C)cc6)c5F)c5c([2H])c([2H])c([2H])c([2H])c5[2H])ccc5ccc2c3c54)c([2H])c1[2H]. The second kappa shape index (κ2) is 21.6. The largest absolute Gasteiger partial charge is 0.307 e. The van der Waals surface area contributed by atoms with Crippen LogP contribution >= 0.6 is 0 Å². The average molecular weight is 1160 g/mol. The molecule has 0 heterocycles. The fraction of sp³-hybridized carbons (Fsp3) is 0.147. The maximum Gasteiger partial charge on any atom is 0.155 e. The molecule has 0 radical (unpaired) electrons. The molecule has 0 unspecified atom stereocenters. The average Bonchev–Trinajstić information content (AvgIpc) is 0.717. The van der Waals surface area contributed by atoms with Gasteiger partial charge < -0.3 is 9.80 Å². The first-order valence-electron chi connectivity index (χ1n) is 33.4. The van der Waals surface area contributed by atoms with E-state index >= 15 is 8.78 Å². The van der Waals surface area contributed by atoms with Crippen LogP contribution in [0.2, 0.25) is 72.0 Å². The molecule has 0 saturated carbocycles. The topological polar surface area (TPSA) is 6.48 Å². The molecule has 12 rings (SSSR count). The summed E-state index contributed by atoms with van der Waals surface area (Å²) in [5, 5.41) is 8.49. The molecule has 0 N–H and O–H groups in total. The molecule has 0 saturated heterocycles. The Morgan fingerprint density at radius 3 is 1.01 bits per heavy atom. The molecule has 0 bridgehead atoms. The Labute approximate surface area is 508 Å². The minimum absolute atomic E-state index is 0.0721. The number of anilines is 6. The number of nitrogens with zero attached hydrogens (tertiary/aromatic N) is 2. The Hall–Kier alpha value is -7.99. The molecule has 12 aromatic carbocycles. The summed E-state index contributed by atoms with van der Waals surface area (Å²) in [6, 6.07) is 48.3. The lowest BCUT2D eigenvalue weighted by Gasteiger charge is -2.30. The van der Waals surface area contributed by atoms with Crippen molar-refractivity contribution in [1.29, 1.82) is 0 Å². The third-order valence-electron chi connectivity index (χ3n) is 16.2. The minimum Gasteiger partial charge on any atom is -0.307 e. The molecule has 0 aliphatic carbocycles. The second-order valence-electron chi connectivity index (χ2n) is 25.2. The molecular formula is C75H72F2N2Si4. The third-order valence-corrected chi connectivity index (χ3v) is 24.1. The van der Waals surface area contributed by atoms with E-state index in [4.69, 9.17) is 8.22 Å². The lowest BCUT2D eigenvalue weighted by molar-refractivity contribution is 0.632. The van der Waals surface area contributed by atoms with Crippen molar-refractivity contribution in [3.63, 3.8) is 0 Å². The maximum atomic E-state index is 18.8. The molecule has 0 fully saturated rings. The highest BCUT2D eigenvalue weighted by atomic mass is 28.3. The Morgan fingerprint density at radius 1 is 0.349 bits per heavy atom. The van der Waals surface area contributed by atoms with Crippen molar-refractivity contribution in [3.8, 4) is 44.5 Å². The predicted octanol–water partition coefficient (Wildman–Crippen LogP) is 19.8. The van der Waals surface area contributed by atoms with E-state index in [1.807, 2.05) is 121 Å². The molecule has 0 aliphatic heterocycles. The molecule has 8 heteroatoms. The van der Waals surface area contributed by atoms with Gasteiger partial charge in [0.05, 0.1) is 69.5 Å². The van der Waals surface area contributed by atoms with Gasteiger partial charge in [0.15, 0.2) is 11.6 Å². The van der Waals surface area contributed by atoms with Gasteiger partial charge >= 0.3 is 0 Å². The Balaban J connectivity index is 1.17. The van der Waals surface area contributed by atoms with Gasteiger partial charge in [-0.25, -0.2) is 8.78 Å². The lowest BCUT2D eigenvalue weighted by atomic mass is 9.91. The Kier molecular flexibility index (Phi) is 11.6. The van der Waals surface area contributed by atoms with Gasteiger partial charge in [0.25, 0.3) is 0 Å². The van der Waals surface area contributed by atoms with E-state index in [1.165, 1.54) is 30.5 Å². The molecule has 0 aliphatic rings. The molecule has 0 amide bonds. The van der Waals surface area contributed by atoms with Crippen LogP contribution in [-0.4, -0.2) is 33.0 Å². The standard InChI is InChI=1S/C75H72F2N2Si4/c1-80(2)60-34-22-52(23-35-60)66-46-56(50-24-36-61(37-25-50)81(3,4)5)48-70(74(66)76)78(58-18-14-12-15-19-58)68-44-32-54-31-43-65-69(45-33-55-30-42-64(68)72(54)73(55)65)79(59-20-16-13-17-21-59)71-49-57(51-26-38-62(39-27-51)82(6,7)8)47-67(75(71)77)53-28-40-63(41-29-53)83(9,10)11/h12-49,80H,1-11H3/i12D,13D,14D,15D,16D,17D,18D,19D,20D,21D. The minimum atomic E-state index is -1.80. The van der Waals surface area contributed by atoms with Crippen molar-refractivity contribution in [3.05, 3.63) is 242 Å². The van der Waals surface area contributed by atoms with Crippen LogP contribution in [0.25, 0.3) is 76.8 Å². The van der Waals surface area contributed by atoms with E-state index in [9.17, 15) is 5.48 Å². The highest BCUT2D eigenvalue weighted by molar-refractivity contribution is 6.89. The van der Waals surface area contributed by atoms with Crippen LogP contribution in [0.5, 0.6) is 0 Å². The van der Waals surface area contributed by atoms with E-state index < -0.39 is 105 Å². The number of benzene rings is 12. The number of rotatable bonds is 14. The summed E-state index contributed by atoms with van der Waals surface area (Å²) >= 11 is 0. The van der Waals surface area contributed by atoms with Crippen LogP contribution in [0.3, 0.4) is 0 Å². The molecule has 0 atom stereocenters. The Morgan fingerprint density at radius 2 is 0.675 bits per heavy atom. The third kappa shape index (κ3) is 10.6. The zero-order chi connectivity index (χ0) is 66.8. The van der Waals surface area contributed by atoms with Crippen LogP contribution in [0.15, 0.2) is 230 Å². The van der Waals surface area contributed by atoms with Crippen LogP contribution in [0.1, 0.15) is 13.7 Å². The summed E-state index contributed by atoms with van der Waals surface area (Å²) in [5.41, 5.74) is 4.34. The summed E-state index contributed by atoms with van der Waals surface area (Å²) in [6.07, 6.45) is 0. The number of hydrogen-bond acceptors (Lipinski definition) is 2. The molecular weight excluding hydrogens is 1080 g/mol. The van der Waals surface area contributed by atoms with Gasteiger partial charge in [0.2, 0.25) is 0 Å². The summed E-state index contributed by atoms with van der Waals surface area (Å²) < 4.78 is 130. The molecule has 12 aromatic rings.